The van der Waals surface area contributed by atoms with Gasteiger partial charge in [0.2, 0.25) is 10.0 Å². The second-order valence-electron chi connectivity index (χ2n) is 9.43. The molecule has 0 amide bonds. The second kappa shape index (κ2) is 6.92. The highest BCUT2D eigenvalue weighted by Gasteiger charge is 2.51. The van der Waals surface area contributed by atoms with Gasteiger partial charge in [0.15, 0.2) is 0 Å². The molecule has 0 unspecified atom stereocenters. The molecule has 2 N–H and O–H groups in total. The molecular weight excluding hydrogens is 344 g/mol. The van der Waals surface area contributed by atoms with Gasteiger partial charge in [0.1, 0.15) is 0 Å². The molecule has 26 heavy (non-hydrogen) atoms. The second-order valence-corrected chi connectivity index (χ2v) is 11.2. The zero-order chi connectivity index (χ0) is 18.4. The van der Waals surface area contributed by atoms with Crippen molar-refractivity contribution in [3.8, 4) is 0 Å². The van der Waals surface area contributed by atoms with Gasteiger partial charge < -0.3 is 4.90 Å². The number of nitrogens with one attached hydrogen (secondary N) is 2. The number of benzene rings is 1. The monoisotopic (exact) mass is 377 g/mol. The minimum atomic E-state index is -3.39. The Hall–Kier alpha value is -0.910. The molecule has 4 bridgehead atoms. The van der Waals surface area contributed by atoms with Crippen LogP contribution in [0.5, 0.6) is 0 Å². The highest BCUT2D eigenvalue weighted by atomic mass is 32.2. The van der Waals surface area contributed by atoms with Crippen LogP contribution in [0.3, 0.4) is 0 Å². The van der Waals surface area contributed by atoms with E-state index in [-0.39, 0.29) is 0 Å². The first-order chi connectivity index (χ1) is 12.4. The molecule has 0 spiro atoms. The Morgan fingerprint density at radius 2 is 1.54 bits per heavy atom. The van der Waals surface area contributed by atoms with Crippen LogP contribution < -0.4 is 9.62 Å². The van der Waals surface area contributed by atoms with E-state index in [1.165, 1.54) is 49.0 Å². The molecular formula is C21H33N2O2S+. The van der Waals surface area contributed by atoms with Crippen molar-refractivity contribution < 1.29 is 13.3 Å². The Morgan fingerprint density at radius 1 is 1.00 bits per heavy atom. The van der Waals surface area contributed by atoms with Crippen molar-refractivity contribution in [2.24, 2.45) is 17.8 Å². The van der Waals surface area contributed by atoms with E-state index in [9.17, 15) is 8.42 Å². The van der Waals surface area contributed by atoms with Crippen LogP contribution in [0.4, 0.5) is 0 Å². The van der Waals surface area contributed by atoms with Crippen molar-refractivity contribution in [2.75, 3.05) is 27.2 Å². The van der Waals surface area contributed by atoms with Crippen molar-refractivity contribution >= 4 is 10.0 Å². The Morgan fingerprint density at radius 3 is 2.04 bits per heavy atom. The fourth-order valence-corrected chi connectivity index (χ4v) is 7.26. The molecule has 1 aromatic carbocycles. The number of hydrogen-bond acceptors (Lipinski definition) is 2. The van der Waals surface area contributed by atoms with Crippen LogP contribution in [-0.4, -0.2) is 35.6 Å². The number of hydrogen-bond donors (Lipinski definition) is 2. The predicted octanol–water partition coefficient (Wildman–Crippen LogP) is 1.97. The van der Waals surface area contributed by atoms with Crippen molar-refractivity contribution in [1.82, 2.24) is 4.72 Å². The van der Waals surface area contributed by atoms with Gasteiger partial charge in [0, 0.05) is 13.0 Å². The van der Waals surface area contributed by atoms with Crippen LogP contribution in [0, 0.1) is 17.8 Å². The van der Waals surface area contributed by atoms with Gasteiger partial charge >= 0.3 is 0 Å². The molecule has 144 valence electrons. The van der Waals surface area contributed by atoms with E-state index < -0.39 is 10.0 Å². The number of quaternary nitrogens is 1. The molecule has 0 aromatic heterocycles. The standard InChI is InChI=1S/C21H32N2O2S/c1-23(2)9-3-8-22-26(24,25)20-6-4-19(5-7-20)21-13-16-10-17(14-21)12-18(11-16)15-21/h4-7,16-18,22H,3,8-15H2,1-2H3/p+1. The van der Waals surface area contributed by atoms with E-state index in [1.54, 1.807) is 0 Å². The SMILES string of the molecule is C[NH+](C)CCCNS(=O)(=O)c1ccc(C23CC4CC(CC(C4)C2)C3)cc1. The van der Waals surface area contributed by atoms with Crippen LogP contribution in [0.1, 0.15) is 50.5 Å². The van der Waals surface area contributed by atoms with Crippen LogP contribution >= 0.6 is 0 Å². The van der Waals surface area contributed by atoms with Gasteiger partial charge in [-0.05, 0) is 79.4 Å². The quantitative estimate of drug-likeness (QED) is 0.714. The topological polar surface area (TPSA) is 50.6 Å². The van der Waals surface area contributed by atoms with Gasteiger partial charge in [-0.2, -0.15) is 0 Å². The Bertz CT molecular complexity index is 704. The Kier molecular flexibility index (Phi) is 4.91. The molecule has 0 radical (unpaired) electrons. The summed E-state index contributed by atoms with van der Waals surface area (Å²) in [5.41, 5.74) is 1.71. The summed E-state index contributed by atoms with van der Waals surface area (Å²) in [5, 5.41) is 0. The maximum atomic E-state index is 12.5. The third kappa shape index (κ3) is 3.58. The van der Waals surface area contributed by atoms with Crippen molar-refractivity contribution in [3.63, 3.8) is 0 Å². The summed E-state index contributed by atoms with van der Waals surface area (Å²) in [6, 6.07) is 7.86. The lowest BCUT2D eigenvalue weighted by Gasteiger charge is -2.57. The van der Waals surface area contributed by atoms with E-state index in [4.69, 9.17) is 0 Å². The molecule has 4 nitrogen and oxygen atoms in total. The van der Waals surface area contributed by atoms with Gasteiger partial charge in [-0.25, -0.2) is 13.1 Å². The smallest absolute Gasteiger partial charge is 0.240 e. The minimum Gasteiger partial charge on any atom is -0.340 e. The molecule has 4 aliphatic carbocycles. The van der Waals surface area contributed by atoms with E-state index in [1.807, 2.05) is 12.1 Å². The zero-order valence-corrected chi connectivity index (χ0v) is 16.9. The Labute approximate surface area is 158 Å². The van der Waals surface area contributed by atoms with Crippen LogP contribution in [-0.2, 0) is 15.4 Å². The summed E-state index contributed by atoms with van der Waals surface area (Å²) in [4.78, 5) is 1.74. The largest absolute Gasteiger partial charge is 0.340 e. The molecule has 0 heterocycles. The third-order valence-corrected chi connectivity index (χ3v) is 8.44. The van der Waals surface area contributed by atoms with Crippen LogP contribution in [0.2, 0.25) is 0 Å². The van der Waals surface area contributed by atoms with E-state index in [2.05, 4.69) is 31.0 Å². The first kappa shape index (κ1) is 18.5. The molecule has 4 saturated carbocycles. The molecule has 0 aliphatic heterocycles. The maximum absolute atomic E-state index is 12.5. The first-order valence-electron chi connectivity index (χ1n) is 10.3. The van der Waals surface area contributed by atoms with E-state index in [0.717, 1.165) is 30.7 Å². The molecule has 1 aromatic rings. The summed E-state index contributed by atoms with van der Waals surface area (Å²) < 4.78 is 27.8. The Balaban J connectivity index is 1.45. The fraction of sp³-hybridized carbons (Fsp3) is 0.714. The average Bonchev–Trinajstić information content (AvgIpc) is 2.58. The number of rotatable bonds is 7. The summed E-state index contributed by atoms with van der Waals surface area (Å²) >= 11 is 0. The first-order valence-corrected chi connectivity index (χ1v) is 11.7. The lowest BCUT2D eigenvalue weighted by Crippen LogP contribution is -3.05. The summed E-state index contributed by atoms with van der Waals surface area (Å²) in [6.45, 7) is 1.47. The summed E-state index contributed by atoms with van der Waals surface area (Å²) in [6.07, 6.45) is 9.11. The van der Waals surface area contributed by atoms with Crippen molar-refractivity contribution in [1.29, 1.82) is 0 Å². The van der Waals surface area contributed by atoms with Gasteiger partial charge in [-0.15, -0.1) is 0 Å². The lowest BCUT2D eigenvalue weighted by atomic mass is 9.48. The third-order valence-electron chi connectivity index (χ3n) is 6.96. The summed E-state index contributed by atoms with van der Waals surface area (Å²) in [5.74, 6) is 2.72. The average molecular weight is 378 g/mol. The van der Waals surface area contributed by atoms with Gasteiger partial charge in [-0.1, -0.05) is 12.1 Å². The number of sulfonamides is 1. The molecule has 4 fully saturated rings. The van der Waals surface area contributed by atoms with E-state index >= 15 is 0 Å². The van der Waals surface area contributed by atoms with Crippen molar-refractivity contribution in [3.05, 3.63) is 29.8 Å². The van der Waals surface area contributed by atoms with Gasteiger partial charge in [0.05, 0.1) is 25.5 Å². The lowest BCUT2D eigenvalue weighted by molar-refractivity contribution is -0.858. The molecule has 0 atom stereocenters. The van der Waals surface area contributed by atoms with E-state index in [0.29, 0.717) is 16.9 Å². The highest BCUT2D eigenvalue weighted by molar-refractivity contribution is 7.89. The van der Waals surface area contributed by atoms with Crippen LogP contribution in [0.15, 0.2) is 29.2 Å². The summed E-state index contributed by atoms with van der Waals surface area (Å²) in [7, 11) is 0.772. The van der Waals surface area contributed by atoms with Crippen LogP contribution in [0.25, 0.3) is 0 Å². The molecule has 5 rings (SSSR count). The predicted molar refractivity (Wildman–Crippen MR) is 104 cm³/mol. The molecule has 0 saturated heterocycles. The molecule has 5 heteroatoms. The highest BCUT2D eigenvalue weighted by Crippen LogP contribution is 2.60. The molecule has 4 aliphatic rings. The van der Waals surface area contributed by atoms with Crippen molar-refractivity contribution in [2.45, 2.75) is 55.3 Å². The minimum absolute atomic E-state index is 0.332. The van der Waals surface area contributed by atoms with Gasteiger partial charge in [-0.3, -0.25) is 0 Å². The maximum Gasteiger partial charge on any atom is 0.240 e. The fourth-order valence-electron chi connectivity index (χ4n) is 6.18. The normalized spacial score (nSPS) is 33.1. The van der Waals surface area contributed by atoms with Gasteiger partial charge in [0.25, 0.3) is 0 Å². The zero-order valence-electron chi connectivity index (χ0n) is 16.1.